The van der Waals surface area contributed by atoms with E-state index in [1.807, 2.05) is 17.8 Å². The van der Waals surface area contributed by atoms with E-state index in [1.54, 1.807) is 11.3 Å². The number of aromatic nitrogens is 1. The Morgan fingerprint density at radius 2 is 2.35 bits per heavy atom. The maximum Gasteiger partial charge on any atom is 0.0735 e. The van der Waals surface area contributed by atoms with Crippen molar-refractivity contribution in [3.05, 3.63) is 56.9 Å². The quantitative estimate of drug-likeness (QED) is 0.796. The second-order valence-corrected chi connectivity index (χ2v) is 7.54. The van der Waals surface area contributed by atoms with Crippen LogP contribution in [0.25, 0.3) is 11.6 Å². The molecule has 3 nitrogen and oxygen atoms in total. The van der Waals surface area contributed by atoms with E-state index < -0.39 is 0 Å². The molecule has 0 aromatic carbocycles. The van der Waals surface area contributed by atoms with Crippen LogP contribution in [0.1, 0.15) is 35.2 Å². The van der Waals surface area contributed by atoms with Crippen LogP contribution in [0.5, 0.6) is 0 Å². The minimum absolute atomic E-state index is 0.680. The fourth-order valence-electron chi connectivity index (χ4n) is 2.70. The summed E-state index contributed by atoms with van der Waals surface area (Å²) in [4.78, 5) is 7.47. The molecule has 0 radical (unpaired) electrons. The summed E-state index contributed by atoms with van der Waals surface area (Å²) >= 11 is 3.66. The van der Waals surface area contributed by atoms with Gasteiger partial charge in [-0.3, -0.25) is 0 Å². The van der Waals surface area contributed by atoms with Gasteiger partial charge < -0.3 is 11.1 Å². The highest BCUT2D eigenvalue weighted by Gasteiger charge is 2.21. The Labute approximate surface area is 145 Å². The number of rotatable bonds is 6. The Balaban J connectivity index is 1.96. The molecule has 3 rings (SSSR count). The van der Waals surface area contributed by atoms with Crippen LogP contribution >= 0.6 is 23.1 Å². The first-order valence-electron chi connectivity index (χ1n) is 7.68. The van der Waals surface area contributed by atoms with Gasteiger partial charge in [0.2, 0.25) is 0 Å². The minimum Gasteiger partial charge on any atom is -0.380 e. The average molecular weight is 344 g/mol. The second kappa shape index (κ2) is 7.34. The number of thiophene rings is 1. The molecule has 0 saturated heterocycles. The van der Waals surface area contributed by atoms with Crippen LogP contribution in [0.4, 0.5) is 5.69 Å². The molecule has 2 aromatic heterocycles. The molecule has 1 aliphatic rings. The summed E-state index contributed by atoms with van der Waals surface area (Å²) in [5, 5.41) is 5.69. The number of nitrogens with zero attached hydrogens (tertiary/aromatic N) is 1. The lowest BCUT2D eigenvalue weighted by Crippen LogP contribution is -2.10. The predicted octanol–water partition coefficient (Wildman–Crippen LogP) is 4.72. The number of thioether (sulfide) groups is 1. The van der Waals surface area contributed by atoms with E-state index in [1.165, 1.54) is 20.9 Å². The number of nitrogens with one attached hydrogen (secondary N) is 1. The van der Waals surface area contributed by atoms with Crippen LogP contribution in [0, 0.1) is 0 Å². The predicted molar refractivity (Wildman–Crippen MR) is 104 cm³/mol. The van der Waals surface area contributed by atoms with Crippen molar-refractivity contribution < 1.29 is 0 Å². The Hall–Kier alpha value is -1.56. The summed E-state index contributed by atoms with van der Waals surface area (Å²) in [5.74, 6) is 0.944. The first kappa shape index (κ1) is 16.3. The molecule has 0 aliphatic carbocycles. The summed E-state index contributed by atoms with van der Waals surface area (Å²) in [6.07, 6.45) is 2.74. The number of fused-ring (bicyclic) bond motifs is 1. The lowest BCUT2D eigenvalue weighted by atomic mass is 10.0. The molecule has 23 heavy (non-hydrogen) atoms. The van der Waals surface area contributed by atoms with E-state index in [0.29, 0.717) is 6.54 Å². The van der Waals surface area contributed by atoms with Gasteiger partial charge in [0.15, 0.2) is 0 Å². The monoisotopic (exact) mass is 343 g/mol. The van der Waals surface area contributed by atoms with E-state index in [0.717, 1.165) is 35.8 Å². The largest absolute Gasteiger partial charge is 0.380 e. The van der Waals surface area contributed by atoms with E-state index in [4.69, 9.17) is 10.7 Å². The third kappa shape index (κ3) is 3.52. The first-order valence-corrected chi connectivity index (χ1v) is 9.55. The number of anilines is 1. The van der Waals surface area contributed by atoms with Gasteiger partial charge in [0.25, 0.3) is 0 Å². The van der Waals surface area contributed by atoms with E-state index in [9.17, 15) is 0 Å². The molecular weight excluding hydrogens is 322 g/mol. The Morgan fingerprint density at radius 1 is 1.48 bits per heavy atom. The molecule has 3 heterocycles. The van der Waals surface area contributed by atoms with Gasteiger partial charge in [-0.1, -0.05) is 12.6 Å². The lowest BCUT2D eigenvalue weighted by Gasteiger charge is -2.23. The van der Waals surface area contributed by atoms with Gasteiger partial charge in [-0.15, -0.1) is 23.1 Å². The highest BCUT2D eigenvalue weighted by atomic mass is 32.2. The van der Waals surface area contributed by atoms with Gasteiger partial charge in [0, 0.05) is 28.4 Å². The molecule has 1 aliphatic heterocycles. The average Bonchev–Trinajstić information content (AvgIpc) is 3.09. The van der Waals surface area contributed by atoms with Crippen LogP contribution in [0.15, 0.2) is 35.1 Å². The molecule has 3 N–H and O–H groups in total. The Kier molecular flexibility index (Phi) is 5.20. The normalized spacial score (nSPS) is 13.8. The summed E-state index contributed by atoms with van der Waals surface area (Å²) < 4.78 is 0. The molecule has 0 spiro atoms. The van der Waals surface area contributed by atoms with Crippen molar-refractivity contribution in [2.45, 2.75) is 25.6 Å². The number of hydrogen-bond donors (Lipinski definition) is 2. The minimum atomic E-state index is 0.680. The van der Waals surface area contributed by atoms with Crippen LogP contribution < -0.4 is 11.1 Å². The zero-order chi connectivity index (χ0) is 16.2. The SMILES string of the molecule is C=Cc1cc(NCc2cccs2)c2c(n1)C(C)=C(CCN)SC2. The Morgan fingerprint density at radius 3 is 3.04 bits per heavy atom. The van der Waals surface area contributed by atoms with Gasteiger partial charge in [0.05, 0.1) is 11.4 Å². The van der Waals surface area contributed by atoms with Crippen molar-refractivity contribution >= 4 is 40.4 Å². The molecule has 5 heteroatoms. The standard InChI is InChI=1S/C18H21N3S2/c1-3-13-9-16(20-10-14-5-4-8-22-14)15-11-23-17(6-7-19)12(2)18(15)21-13/h3-5,8-9H,1,6-7,10-11,19H2,2H3,(H,20,21). The third-order valence-corrected chi connectivity index (χ3v) is 6.09. The molecule has 0 unspecified atom stereocenters. The number of hydrogen-bond acceptors (Lipinski definition) is 5. The summed E-state index contributed by atoms with van der Waals surface area (Å²) in [6, 6.07) is 6.33. The van der Waals surface area contributed by atoms with Crippen LogP contribution in [0.3, 0.4) is 0 Å². The highest BCUT2D eigenvalue weighted by Crippen LogP contribution is 2.41. The maximum absolute atomic E-state index is 5.73. The highest BCUT2D eigenvalue weighted by molar-refractivity contribution is 8.02. The third-order valence-electron chi connectivity index (χ3n) is 3.92. The first-order chi connectivity index (χ1) is 11.2. The molecule has 0 fully saturated rings. The maximum atomic E-state index is 5.73. The van der Waals surface area contributed by atoms with Crippen molar-refractivity contribution in [3.8, 4) is 0 Å². The van der Waals surface area contributed by atoms with Crippen molar-refractivity contribution in [1.82, 2.24) is 4.98 Å². The van der Waals surface area contributed by atoms with Gasteiger partial charge in [-0.05, 0) is 54.0 Å². The van der Waals surface area contributed by atoms with Gasteiger partial charge >= 0.3 is 0 Å². The summed E-state index contributed by atoms with van der Waals surface area (Å²) in [6.45, 7) is 7.55. The molecule has 0 saturated carbocycles. The number of allylic oxidation sites excluding steroid dienone is 1. The fraction of sp³-hybridized carbons (Fsp3) is 0.278. The zero-order valence-corrected chi connectivity index (χ0v) is 14.9. The van der Waals surface area contributed by atoms with Crippen LogP contribution in [-0.2, 0) is 12.3 Å². The van der Waals surface area contributed by atoms with Gasteiger partial charge in [-0.2, -0.15) is 0 Å². The van der Waals surface area contributed by atoms with Crippen molar-refractivity contribution in [2.75, 3.05) is 11.9 Å². The molecular formula is C18H21N3S2. The summed E-state index contributed by atoms with van der Waals surface area (Å²) in [5.41, 5.74) is 11.4. The number of pyridine rings is 1. The van der Waals surface area contributed by atoms with Crippen LogP contribution in [0.2, 0.25) is 0 Å². The van der Waals surface area contributed by atoms with Crippen molar-refractivity contribution in [3.63, 3.8) is 0 Å². The smallest absolute Gasteiger partial charge is 0.0735 e. The fourth-order valence-corrected chi connectivity index (χ4v) is 4.53. The molecule has 120 valence electrons. The topological polar surface area (TPSA) is 50.9 Å². The lowest BCUT2D eigenvalue weighted by molar-refractivity contribution is 0.989. The molecule has 2 aromatic rings. The van der Waals surface area contributed by atoms with E-state index >= 15 is 0 Å². The van der Waals surface area contributed by atoms with E-state index in [-0.39, 0.29) is 0 Å². The second-order valence-electron chi connectivity index (χ2n) is 5.43. The Bertz CT molecular complexity index is 733. The van der Waals surface area contributed by atoms with Crippen molar-refractivity contribution in [1.29, 1.82) is 0 Å². The zero-order valence-electron chi connectivity index (χ0n) is 13.3. The number of nitrogens with two attached hydrogens (primary N) is 1. The van der Waals surface area contributed by atoms with E-state index in [2.05, 4.69) is 42.4 Å². The molecule has 0 bridgehead atoms. The summed E-state index contributed by atoms with van der Waals surface area (Å²) in [7, 11) is 0. The van der Waals surface area contributed by atoms with Gasteiger partial charge in [-0.25, -0.2) is 4.98 Å². The molecule has 0 atom stereocenters. The molecule has 0 amide bonds. The van der Waals surface area contributed by atoms with Gasteiger partial charge in [0.1, 0.15) is 0 Å². The van der Waals surface area contributed by atoms with Crippen molar-refractivity contribution in [2.24, 2.45) is 5.73 Å². The van der Waals surface area contributed by atoms with Crippen LogP contribution in [-0.4, -0.2) is 11.5 Å².